The highest BCUT2D eigenvalue weighted by atomic mass is 32.2. The summed E-state index contributed by atoms with van der Waals surface area (Å²) < 4.78 is 27.6. The third-order valence-corrected chi connectivity index (χ3v) is 3.13. The Hall–Kier alpha value is -2.07. The van der Waals surface area contributed by atoms with Gasteiger partial charge in [-0.3, -0.25) is 5.32 Å². The summed E-state index contributed by atoms with van der Waals surface area (Å²) in [7, 11) is -3.18. The maximum absolute atomic E-state index is 11.7. The molecule has 0 saturated carbocycles. The molecule has 1 amide bonds. The molecule has 1 aromatic carbocycles. The van der Waals surface area contributed by atoms with E-state index in [0.717, 1.165) is 6.26 Å². The average molecular weight is 310 g/mol. The molecule has 21 heavy (non-hydrogen) atoms. The Balaban J connectivity index is 2.95. The van der Waals surface area contributed by atoms with Gasteiger partial charge in [-0.15, -0.1) is 0 Å². The normalized spacial score (nSPS) is 11.6. The summed E-state index contributed by atoms with van der Waals surface area (Å²) in [4.78, 5) is 11.7. The summed E-state index contributed by atoms with van der Waals surface area (Å²) in [5.41, 5.74) is 0.308. The zero-order valence-corrected chi connectivity index (χ0v) is 13.2. The predicted octanol–water partition coefficient (Wildman–Crippen LogP) is 2.45. The van der Waals surface area contributed by atoms with Gasteiger partial charge in [0.05, 0.1) is 17.0 Å². The molecule has 6 nitrogen and oxygen atoms in total. The van der Waals surface area contributed by atoms with E-state index in [4.69, 9.17) is 10.00 Å². The van der Waals surface area contributed by atoms with Crippen molar-refractivity contribution in [2.75, 3.05) is 11.6 Å². The molecular formula is C14H18N2O4S. The van der Waals surface area contributed by atoms with Crippen LogP contribution in [0.3, 0.4) is 0 Å². The molecule has 0 atom stereocenters. The quantitative estimate of drug-likeness (QED) is 0.925. The zero-order chi connectivity index (χ0) is 16.3. The van der Waals surface area contributed by atoms with E-state index in [1.54, 1.807) is 26.8 Å². The van der Waals surface area contributed by atoms with Crippen LogP contribution in [0.15, 0.2) is 18.2 Å². The SMILES string of the molecule is CC(C)(C)OC(=O)Nc1ccc(CS(C)(=O)=O)cc1C#N. The molecule has 0 saturated heterocycles. The lowest BCUT2D eigenvalue weighted by Gasteiger charge is -2.20. The number of anilines is 1. The van der Waals surface area contributed by atoms with Gasteiger partial charge in [-0.25, -0.2) is 13.2 Å². The first-order valence-corrected chi connectivity index (χ1v) is 8.27. The molecule has 1 rings (SSSR count). The number of hydrogen-bond acceptors (Lipinski definition) is 5. The molecule has 0 aliphatic carbocycles. The van der Waals surface area contributed by atoms with Crippen LogP contribution in [0, 0.1) is 11.3 Å². The summed E-state index contributed by atoms with van der Waals surface area (Å²) in [5, 5.41) is 11.6. The van der Waals surface area contributed by atoms with Crippen molar-refractivity contribution in [2.24, 2.45) is 0 Å². The molecule has 1 aromatic rings. The van der Waals surface area contributed by atoms with Crippen molar-refractivity contribution in [1.82, 2.24) is 0 Å². The van der Waals surface area contributed by atoms with Gasteiger partial charge in [0.15, 0.2) is 9.84 Å². The Labute approximate surface area is 124 Å². The van der Waals surface area contributed by atoms with Gasteiger partial charge in [-0.1, -0.05) is 6.07 Å². The maximum atomic E-state index is 11.7. The topological polar surface area (TPSA) is 96.3 Å². The Morgan fingerprint density at radius 3 is 2.48 bits per heavy atom. The Kier molecular flexibility index (Phi) is 4.97. The van der Waals surface area contributed by atoms with Crippen molar-refractivity contribution in [1.29, 1.82) is 5.26 Å². The van der Waals surface area contributed by atoms with Crippen LogP contribution in [0.25, 0.3) is 0 Å². The molecule has 7 heteroatoms. The van der Waals surface area contributed by atoms with Gasteiger partial charge >= 0.3 is 6.09 Å². The molecule has 0 aliphatic rings. The first-order valence-electron chi connectivity index (χ1n) is 6.21. The minimum absolute atomic E-state index is 0.158. The second-order valence-corrected chi connectivity index (χ2v) is 7.83. The van der Waals surface area contributed by atoms with E-state index in [2.05, 4.69) is 5.32 Å². The molecule has 0 aromatic heterocycles. The molecular weight excluding hydrogens is 292 g/mol. The molecule has 0 heterocycles. The molecule has 0 aliphatic heterocycles. The van der Waals surface area contributed by atoms with Crippen LogP contribution in [-0.2, 0) is 20.3 Å². The summed E-state index contributed by atoms with van der Waals surface area (Å²) in [6.07, 6.45) is 0.446. The van der Waals surface area contributed by atoms with Gasteiger partial charge in [0.25, 0.3) is 0 Å². The Bertz CT molecular complexity index is 682. The third kappa shape index (κ3) is 6.27. The number of hydrogen-bond donors (Lipinski definition) is 1. The number of rotatable bonds is 3. The van der Waals surface area contributed by atoms with E-state index >= 15 is 0 Å². The van der Waals surface area contributed by atoms with Crippen molar-refractivity contribution < 1.29 is 17.9 Å². The molecule has 0 spiro atoms. The Morgan fingerprint density at radius 2 is 2.00 bits per heavy atom. The fourth-order valence-corrected chi connectivity index (χ4v) is 2.38. The lowest BCUT2D eigenvalue weighted by atomic mass is 10.1. The second kappa shape index (κ2) is 6.14. The molecule has 0 fully saturated rings. The lowest BCUT2D eigenvalue weighted by molar-refractivity contribution is 0.0636. The average Bonchev–Trinajstić information content (AvgIpc) is 2.26. The lowest BCUT2D eigenvalue weighted by Crippen LogP contribution is -2.27. The Morgan fingerprint density at radius 1 is 1.38 bits per heavy atom. The fourth-order valence-electron chi connectivity index (χ4n) is 1.60. The second-order valence-electron chi connectivity index (χ2n) is 5.69. The molecule has 114 valence electrons. The number of carbonyl (C=O) groups excluding carboxylic acids is 1. The summed E-state index contributed by atoms with van der Waals surface area (Å²) in [6.45, 7) is 5.19. The summed E-state index contributed by atoms with van der Waals surface area (Å²) >= 11 is 0. The molecule has 0 radical (unpaired) electrons. The number of nitriles is 1. The van der Waals surface area contributed by atoms with Gasteiger partial charge in [0.2, 0.25) is 0 Å². The fraction of sp³-hybridized carbons (Fsp3) is 0.429. The smallest absolute Gasteiger partial charge is 0.412 e. The number of sulfone groups is 1. The molecule has 0 unspecified atom stereocenters. The molecule has 0 bridgehead atoms. The van der Waals surface area contributed by atoms with E-state index in [0.29, 0.717) is 5.56 Å². The van der Waals surface area contributed by atoms with Gasteiger partial charge in [0.1, 0.15) is 11.7 Å². The zero-order valence-electron chi connectivity index (χ0n) is 12.4. The van der Waals surface area contributed by atoms with Crippen LogP contribution in [0.2, 0.25) is 0 Å². The van der Waals surface area contributed by atoms with Crippen molar-refractivity contribution in [2.45, 2.75) is 32.1 Å². The van der Waals surface area contributed by atoms with E-state index in [1.165, 1.54) is 12.1 Å². The predicted molar refractivity (Wildman–Crippen MR) is 79.6 cm³/mol. The number of carbonyl (C=O) groups is 1. The minimum atomic E-state index is -3.18. The molecule has 1 N–H and O–H groups in total. The summed E-state index contributed by atoms with van der Waals surface area (Å²) in [5.74, 6) is -0.158. The number of benzene rings is 1. The maximum Gasteiger partial charge on any atom is 0.412 e. The van der Waals surface area contributed by atoms with E-state index in [1.807, 2.05) is 6.07 Å². The van der Waals surface area contributed by atoms with Crippen LogP contribution in [0.1, 0.15) is 31.9 Å². The van der Waals surface area contributed by atoms with E-state index < -0.39 is 21.5 Å². The van der Waals surface area contributed by atoms with Crippen LogP contribution >= 0.6 is 0 Å². The number of amides is 1. The van der Waals surface area contributed by atoms with Gasteiger partial charge in [-0.05, 0) is 38.5 Å². The summed E-state index contributed by atoms with van der Waals surface area (Å²) in [6, 6.07) is 6.40. The van der Waals surface area contributed by atoms with Gasteiger partial charge < -0.3 is 4.74 Å². The monoisotopic (exact) mass is 310 g/mol. The van der Waals surface area contributed by atoms with Crippen molar-refractivity contribution >= 4 is 21.6 Å². The number of nitrogens with one attached hydrogen (secondary N) is 1. The number of nitrogens with zero attached hydrogens (tertiary/aromatic N) is 1. The number of ether oxygens (including phenoxy) is 1. The van der Waals surface area contributed by atoms with Crippen molar-refractivity contribution in [3.05, 3.63) is 29.3 Å². The van der Waals surface area contributed by atoms with Crippen LogP contribution in [0.5, 0.6) is 0 Å². The standard InChI is InChI=1S/C14H18N2O4S/c1-14(2,3)20-13(17)16-12-6-5-10(7-11(12)8-15)9-21(4,18)19/h5-7H,9H2,1-4H3,(H,16,17). The van der Waals surface area contributed by atoms with E-state index in [9.17, 15) is 13.2 Å². The van der Waals surface area contributed by atoms with Gasteiger partial charge in [-0.2, -0.15) is 5.26 Å². The minimum Gasteiger partial charge on any atom is -0.444 e. The third-order valence-electron chi connectivity index (χ3n) is 2.27. The van der Waals surface area contributed by atoms with Crippen molar-refractivity contribution in [3.63, 3.8) is 0 Å². The first kappa shape index (κ1) is 17.0. The highest BCUT2D eigenvalue weighted by Gasteiger charge is 2.17. The highest BCUT2D eigenvalue weighted by Crippen LogP contribution is 2.19. The van der Waals surface area contributed by atoms with Crippen LogP contribution in [-0.4, -0.2) is 26.4 Å². The first-order chi connectivity index (χ1) is 9.50. The van der Waals surface area contributed by atoms with Crippen LogP contribution in [0.4, 0.5) is 10.5 Å². The van der Waals surface area contributed by atoms with Crippen molar-refractivity contribution in [3.8, 4) is 6.07 Å². The van der Waals surface area contributed by atoms with E-state index in [-0.39, 0.29) is 17.0 Å². The van der Waals surface area contributed by atoms with Gasteiger partial charge in [0, 0.05) is 6.26 Å². The largest absolute Gasteiger partial charge is 0.444 e. The van der Waals surface area contributed by atoms with Crippen LogP contribution < -0.4 is 5.32 Å². The highest BCUT2D eigenvalue weighted by molar-refractivity contribution is 7.89.